The van der Waals surface area contributed by atoms with Crippen LogP contribution in [0.1, 0.15) is 25.3 Å². The van der Waals surface area contributed by atoms with Gasteiger partial charge in [0.05, 0.1) is 0 Å². The minimum atomic E-state index is 0.0714. The summed E-state index contributed by atoms with van der Waals surface area (Å²) in [7, 11) is 0. The van der Waals surface area contributed by atoms with Gasteiger partial charge in [0.15, 0.2) is 6.61 Å². The maximum atomic E-state index is 12.4. The molecule has 1 fully saturated rings. The Morgan fingerprint density at radius 3 is 2.54 bits per heavy atom. The van der Waals surface area contributed by atoms with E-state index >= 15 is 0 Å². The van der Waals surface area contributed by atoms with Crippen LogP contribution in [-0.2, 0) is 11.3 Å². The first-order chi connectivity index (χ1) is 12.7. The molecule has 1 heterocycles. The zero-order valence-electron chi connectivity index (χ0n) is 15.3. The molecule has 5 nitrogen and oxygen atoms in total. The summed E-state index contributed by atoms with van der Waals surface area (Å²) in [6, 6.07) is 17.7. The SMILES string of the molecule is CC1CCN(C(=O)COc2ccccc2CNNc2ccccc2)CC1. The van der Waals surface area contributed by atoms with Gasteiger partial charge >= 0.3 is 0 Å². The number of nitrogens with zero attached hydrogens (tertiary/aromatic N) is 1. The van der Waals surface area contributed by atoms with Crippen LogP contribution in [0.15, 0.2) is 54.6 Å². The van der Waals surface area contributed by atoms with Gasteiger partial charge in [0.2, 0.25) is 0 Å². The fraction of sp³-hybridized carbons (Fsp3) is 0.381. The molecule has 2 N–H and O–H groups in total. The van der Waals surface area contributed by atoms with Crippen molar-refractivity contribution in [2.45, 2.75) is 26.3 Å². The third kappa shape index (κ3) is 5.23. The maximum absolute atomic E-state index is 12.4. The van der Waals surface area contributed by atoms with Gasteiger partial charge in [0.25, 0.3) is 5.91 Å². The van der Waals surface area contributed by atoms with Crippen LogP contribution in [-0.4, -0.2) is 30.5 Å². The number of rotatable bonds is 7. The van der Waals surface area contributed by atoms with Gasteiger partial charge in [-0.1, -0.05) is 43.3 Å². The molecular formula is C21H27N3O2. The zero-order chi connectivity index (χ0) is 18.2. The predicted octanol–water partition coefficient (Wildman–Crippen LogP) is 3.44. The lowest BCUT2D eigenvalue weighted by Gasteiger charge is -2.30. The number of hydrogen-bond donors (Lipinski definition) is 2. The van der Waals surface area contributed by atoms with Gasteiger partial charge < -0.3 is 15.1 Å². The van der Waals surface area contributed by atoms with E-state index in [4.69, 9.17) is 4.74 Å². The Bertz CT molecular complexity index is 697. The average Bonchev–Trinajstić information content (AvgIpc) is 2.68. The number of amides is 1. The second kappa shape index (κ2) is 9.25. The van der Waals surface area contributed by atoms with Crippen molar-refractivity contribution in [2.24, 2.45) is 5.92 Å². The lowest BCUT2D eigenvalue weighted by atomic mass is 9.99. The van der Waals surface area contributed by atoms with E-state index < -0.39 is 0 Å². The molecule has 5 heteroatoms. The topological polar surface area (TPSA) is 53.6 Å². The van der Waals surface area contributed by atoms with Crippen molar-refractivity contribution in [3.63, 3.8) is 0 Å². The summed E-state index contributed by atoms with van der Waals surface area (Å²) in [6.45, 7) is 4.62. The number of hydrogen-bond acceptors (Lipinski definition) is 4. The van der Waals surface area contributed by atoms with Crippen LogP contribution in [0, 0.1) is 5.92 Å². The second-order valence-electron chi connectivity index (χ2n) is 6.80. The van der Waals surface area contributed by atoms with Crippen LogP contribution >= 0.6 is 0 Å². The van der Waals surface area contributed by atoms with E-state index in [0.717, 1.165) is 42.9 Å². The molecule has 0 aromatic heterocycles. The first-order valence-corrected chi connectivity index (χ1v) is 9.25. The molecule has 2 aromatic rings. The first-order valence-electron chi connectivity index (χ1n) is 9.25. The van der Waals surface area contributed by atoms with E-state index in [1.807, 2.05) is 59.5 Å². The molecule has 2 aromatic carbocycles. The van der Waals surface area contributed by atoms with Gasteiger partial charge in [-0.15, -0.1) is 0 Å². The zero-order valence-corrected chi connectivity index (χ0v) is 15.3. The average molecular weight is 353 g/mol. The molecule has 0 spiro atoms. The second-order valence-corrected chi connectivity index (χ2v) is 6.80. The third-order valence-electron chi connectivity index (χ3n) is 4.75. The van der Waals surface area contributed by atoms with E-state index in [1.54, 1.807) is 0 Å². The molecule has 1 aliphatic rings. The molecule has 1 saturated heterocycles. The Hall–Kier alpha value is -2.53. The van der Waals surface area contributed by atoms with Crippen LogP contribution in [0.3, 0.4) is 0 Å². The molecule has 0 saturated carbocycles. The Morgan fingerprint density at radius 2 is 1.77 bits per heavy atom. The van der Waals surface area contributed by atoms with E-state index in [2.05, 4.69) is 17.8 Å². The van der Waals surface area contributed by atoms with Gasteiger partial charge in [-0.3, -0.25) is 4.79 Å². The van der Waals surface area contributed by atoms with Gasteiger partial charge in [0.1, 0.15) is 5.75 Å². The molecule has 0 bridgehead atoms. The van der Waals surface area contributed by atoms with E-state index in [9.17, 15) is 4.79 Å². The number of benzene rings is 2. The molecule has 1 aliphatic heterocycles. The summed E-state index contributed by atoms with van der Waals surface area (Å²) < 4.78 is 5.82. The van der Waals surface area contributed by atoms with E-state index in [1.165, 1.54) is 0 Å². The van der Waals surface area contributed by atoms with Crippen LogP contribution in [0.2, 0.25) is 0 Å². The Kier molecular flexibility index (Phi) is 6.50. The number of nitrogens with one attached hydrogen (secondary N) is 2. The lowest BCUT2D eigenvalue weighted by molar-refractivity contribution is -0.134. The molecule has 26 heavy (non-hydrogen) atoms. The molecule has 0 unspecified atom stereocenters. The van der Waals surface area contributed by atoms with Crippen molar-refractivity contribution >= 4 is 11.6 Å². The summed E-state index contributed by atoms with van der Waals surface area (Å²) in [5.41, 5.74) is 8.36. The smallest absolute Gasteiger partial charge is 0.260 e. The summed E-state index contributed by atoms with van der Waals surface area (Å²) in [5.74, 6) is 1.53. The highest BCUT2D eigenvalue weighted by molar-refractivity contribution is 5.77. The van der Waals surface area contributed by atoms with Crippen LogP contribution < -0.4 is 15.6 Å². The molecule has 138 valence electrons. The normalized spacial score (nSPS) is 14.9. The number of para-hydroxylation sites is 2. The van der Waals surface area contributed by atoms with Crippen LogP contribution in [0.25, 0.3) is 0 Å². The van der Waals surface area contributed by atoms with Crippen molar-refractivity contribution in [1.29, 1.82) is 0 Å². The van der Waals surface area contributed by atoms with Crippen molar-refractivity contribution < 1.29 is 9.53 Å². The van der Waals surface area contributed by atoms with E-state index in [-0.39, 0.29) is 12.5 Å². The summed E-state index contributed by atoms with van der Waals surface area (Å²) in [4.78, 5) is 14.3. The fourth-order valence-electron chi connectivity index (χ4n) is 3.04. The minimum Gasteiger partial charge on any atom is -0.483 e. The van der Waals surface area contributed by atoms with Gasteiger partial charge in [-0.2, -0.15) is 0 Å². The first kappa shape index (κ1) is 18.3. The largest absolute Gasteiger partial charge is 0.483 e. The van der Waals surface area contributed by atoms with Crippen molar-refractivity contribution in [3.8, 4) is 5.75 Å². The van der Waals surface area contributed by atoms with Crippen molar-refractivity contribution in [1.82, 2.24) is 10.3 Å². The van der Waals surface area contributed by atoms with Crippen molar-refractivity contribution in [2.75, 3.05) is 25.1 Å². The highest BCUT2D eigenvalue weighted by Crippen LogP contribution is 2.19. The van der Waals surface area contributed by atoms with Crippen LogP contribution in [0.4, 0.5) is 5.69 Å². The maximum Gasteiger partial charge on any atom is 0.260 e. The number of carbonyl (C=O) groups excluding carboxylic acids is 1. The third-order valence-corrected chi connectivity index (χ3v) is 4.75. The Balaban J connectivity index is 1.49. The number of hydrazine groups is 1. The molecule has 0 radical (unpaired) electrons. The highest BCUT2D eigenvalue weighted by Gasteiger charge is 2.20. The van der Waals surface area contributed by atoms with Crippen molar-refractivity contribution in [3.05, 3.63) is 60.2 Å². The monoisotopic (exact) mass is 353 g/mol. The molecule has 1 amide bonds. The minimum absolute atomic E-state index is 0.0714. The number of anilines is 1. The summed E-state index contributed by atoms with van der Waals surface area (Å²) in [6.07, 6.45) is 2.16. The summed E-state index contributed by atoms with van der Waals surface area (Å²) >= 11 is 0. The predicted molar refractivity (Wildman–Crippen MR) is 104 cm³/mol. The lowest BCUT2D eigenvalue weighted by Crippen LogP contribution is -2.40. The summed E-state index contributed by atoms with van der Waals surface area (Å²) in [5, 5.41) is 0. The highest BCUT2D eigenvalue weighted by atomic mass is 16.5. The molecule has 3 rings (SSSR count). The van der Waals surface area contributed by atoms with Gasteiger partial charge in [-0.05, 0) is 37.0 Å². The quantitative estimate of drug-likeness (QED) is 0.749. The Labute approximate surface area is 155 Å². The van der Waals surface area contributed by atoms with E-state index in [0.29, 0.717) is 12.5 Å². The van der Waals surface area contributed by atoms with Gasteiger partial charge in [-0.25, -0.2) is 5.43 Å². The number of ether oxygens (including phenoxy) is 1. The van der Waals surface area contributed by atoms with Crippen LogP contribution in [0.5, 0.6) is 5.75 Å². The molecule has 0 atom stereocenters. The van der Waals surface area contributed by atoms with Gasteiger partial charge in [0, 0.05) is 30.9 Å². The number of carbonyl (C=O) groups is 1. The molecular weight excluding hydrogens is 326 g/mol. The fourth-order valence-corrected chi connectivity index (χ4v) is 3.04. The number of piperidine rings is 1. The standard InChI is InChI=1S/C21H27N3O2/c1-17-11-13-24(14-12-17)21(25)16-26-20-10-6-5-7-18(20)15-22-23-19-8-3-2-4-9-19/h2-10,17,22-23H,11-16H2,1H3. The Morgan fingerprint density at radius 1 is 1.08 bits per heavy atom. The number of likely N-dealkylation sites (tertiary alicyclic amines) is 1. The molecule has 0 aliphatic carbocycles.